The number of urea groups is 1. The standard InChI is InChI=1S/C29H27BrFN3O5/c1-3-20-9-5-6-11-23(20)32-26(35)16-34-28(36)24(33-29(34)37)14-19-13-22(30)27(25(15-19)38-4-2)39-17-18-8-7-10-21(31)12-18/h5-15H,3-4,16-17H2,1-2H3,(H,32,35)(H,33,37)/b24-14+. The fraction of sp³-hybridized carbons (Fsp3) is 0.207. The van der Waals surface area contributed by atoms with Crippen LogP contribution in [0.2, 0.25) is 0 Å². The Balaban J connectivity index is 1.49. The molecule has 10 heteroatoms. The molecular weight excluding hydrogens is 569 g/mol. The number of hydrogen-bond acceptors (Lipinski definition) is 5. The lowest BCUT2D eigenvalue weighted by atomic mass is 10.1. The van der Waals surface area contributed by atoms with Crippen LogP contribution in [0.1, 0.15) is 30.5 Å². The normalized spacial score (nSPS) is 13.9. The topological polar surface area (TPSA) is 97.0 Å². The van der Waals surface area contributed by atoms with E-state index in [9.17, 15) is 18.8 Å². The number of para-hydroxylation sites is 1. The Kier molecular flexibility index (Phi) is 8.98. The van der Waals surface area contributed by atoms with E-state index in [1.54, 1.807) is 36.4 Å². The molecule has 0 aliphatic carbocycles. The van der Waals surface area contributed by atoms with Gasteiger partial charge in [0.2, 0.25) is 5.91 Å². The fourth-order valence-electron chi connectivity index (χ4n) is 4.02. The van der Waals surface area contributed by atoms with Gasteiger partial charge in [-0.05, 0) is 82.4 Å². The van der Waals surface area contributed by atoms with Crippen LogP contribution >= 0.6 is 15.9 Å². The molecule has 8 nitrogen and oxygen atoms in total. The number of halogens is 2. The van der Waals surface area contributed by atoms with Crippen LogP contribution in [0.5, 0.6) is 11.5 Å². The highest BCUT2D eigenvalue weighted by Crippen LogP contribution is 2.38. The van der Waals surface area contributed by atoms with Gasteiger partial charge in [0.1, 0.15) is 24.7 Å². The molecule has 0 aromatic heterocycles. The summed E-state index contributed by atoms with van der Waals surface area (Å²) in [5, 5.41) is 5.29. The minimum atomic E-state index is -0.690. The maximum atomic E-state index is 13.5. The first-order valence-electron chi connectivity index (χ1n) is 12.3. The molecular formula is C29H27BrFN3O5. The van der Waals surface area contributed by atoms with Crippen molar-refractivity contribution in [3.05, 3.63) is 93.3 Å². The highest BCUT2D eigenvalue weighted by molar-refractivity contribution is 9.10. The number of anilines is 1. The number of amides is 4. The van der Waals surface area contributed by atoms with Gasteiger partial charge in [-0.25, -0.2) is 14.1 Å². The van der Waals surface area contributed by atoms with Gasteiger partial charge in [-0.15, -0.1) is 0 Å². The summed E-state index contributed by atoms with van der Waals surface area (Å²) in [7, 11) is 0. The zero-order valence-electron chi connectivity index (χ0n) is 21.4. The van der Waals surface area contributed by atoms with Crippen molar-refractivity contribution in [2.24, 2.45) is 0 Å². The first kappa shape index (κ1) is 27.8. The molecule has 4 rings (SSSR count). The molecule has 1 fully saturated rings. The lowest BCUT2D eigenvalue weighted by molar-refractivity contribution is -0.127. The van der Waals surface area contributed by atoms with Gasteiger partial charge in [0.25, 0.3) is 5.91 Å². The molecule has 0 atom stereocenters. The summed E-state index contributed by atoms with van der Waals surface area (Å²) in [4.78, 5) is 39.0. The third-order valence-corrected chi connectivity index (χ3v) is 6.44. The highest BCUT2D eigenvalue weighted by atomic mass is 79.9. The van der Waals surface area contributed by atoms with Crippen LogP contribution in [0.3, 0.4) is 0 Å². The third-order valence-electron chi connectivity index (χ3n) is 5.85. The molecule has 0 unspecified atom stereocenters. The number of benzene rings is 3. The van der Waals surface area contributed by atoms with Crippen molar-refractivity contribution in [3.63, 3.8) is 0 Å². The van der Waals surface area contributed by atoms with Crippen molar-refractivity contribution >= 4 is 45.5 Å². The van der Waals surface area contributed by atoms with E-state index in [4.69, 9.17) is 9.47 Å². The fourth-order valence-corrected chi connectivity index (χ4v) is 4.60. The van der Waals surface area contributed by atoms with Crippen molar-refractivity contribution in [1.82, 2.24) is 10.2 Å². The smallest absolute Gasteiger partial charge is 0.329 e. The number of carbonyl (C=O) groups is 3. The second-order valence-corrected chi connectivity index (χ2v) is 9.47. The van der Waals surface area contributed by atoms with Crippen molar-refractivity contribution in [3.8, 4) is 11.5 Å². The van der Waals surface area contributed by atoms with E-state index in [2.05, 4.69) is 26.6 Å². The molecule has 0 radical (unpaired) electrons. The van der Waals surface area contributed by atoms with E-state index in [0.717, 1.165) is 16.9 Å². The summed E-state index contributed by atoms with van der Waals surface area (Å²) in [5.74, 6) is -0.655. The first-order chi connectivity index (χ1) is 18.8. The molecule has 1 heterocycles. The summed E-state index contributed by atoms with van der Waals surface area (Å²) in [5.41, 5.74) is 2.81. The molecule has 0 bridgehead atoms. The predicted octanol–water partition coefficient (Wildman–Crippen LogP) is 5.66. The molecule has 3 aromatic carbocycles. The molecule has 1 aliphatic heterocycles. The van der Waals surface area contributed by atoms with Crippen LogP contribution in [-0.4, -0.2) is 35.9 Å². The van der Waals surface area contributed by atoms with Crippen molar-refractivity contribution < 1.29 is 28.2 Å². The van der Waals surface area contributed by atoms with Crippen molar-refractivity contribution in [2.45, 2.75) is 26.9 Å². The summed E-state index contributed by atoms with van der Waals surface area (Å²) in [6.07, 6.45) is 2.22. The SMILES string of the molecule is CCOc1cc(/C=C2/NC(=O)N(CC(=O)Nc3ccccc3CC)C2=O)cc(Br)c1OCc1cccc(F)c1. The maximum Gasteiger partial charge on any atom is 0.329 e. The van der Waals surface area contributed by atoms with Gasteiger partial charge in [0.15, 0.2) is 11.5 Å². The Labute approximate surface area is 233 Å². The molecule has 0 spiro atoms. The van der Waals surface area contributed by atoms with Gasteiger partial charge in [-0.2, -0.15) is 0 Å². The maximum absolute atomic E-state index is 13.5. The minimum absolute atomic E-state index is 0.0181. The van der Waals surface area contributed by atoms with Crippen LogP contribution in [0.4, 0.5) is 14.9 Å². The summed E-state index contributed by atoms with van der Waals surface area (Å²) in [6, 6.07) is 16.1. The van der Waals surface area contributed by atoms with E-state index in [0.29, 0.717) is 39.4 Å². The Morgan fingerprint density at radius 2 is 1.87 bits per heavy atom. The van der Waals surface area contributed by atoms with Gasteiger partial charge in [-0.1, -0.05) is 37.3 Å². The monoisotopic (exact) mass is 595 g/mol. The number of nitrogens with zero attached hydrogens (tertiary/aromatic N) is 1. The second-order valence-electron chi connectivity index (χ2n) is 8.62. The zero-order chi connectivity index (χ0) is 27.9. The summed E-state index contributed by atoms with van der Waals surface area (Å²) in [6.45, 7) is 3.82. The number of imide groups is 1. The molecule has 0 saturated carbocycles. The number of rotatable bonds is 10. The molecule has 4 amide bonds. The largest absolute Gasteiger partial charge is 0.490 e. The van der Waals surface area contributed by atoms with Gasteiger partial charge in [0, 0.05) is 5.69 Å². The molecule has 1 aliphatic rings. The highest BCUT2D eigenvalue weighted by Gasteiger charge is 2.35. The van der Waals surface area contributed by atoms with Crippen molar-refractivity contribution in [2.75, 3.05) is 18.5 Å². The van der Waals surface area contributed by atoms with E-state index >= 15 is 0 Å². The number of hydrogen-bond donors (Lipinski definition) is 2. The molecule has 39 heavy (non-hydrogen) atoms. The summed E-state index contributed by atoms with van der Waals surface area (Å²) < 4.78 is 25.7. The quantitative estimate of drug-likeness (QED) is 0.233. The van der Waals surface area contributed by atoms with E-state index < -0.39 is 24.4 Å². The van der Waals surface area contributed by atoms with Gasteiger partial charge in [-0.3, -0.25) is 9.59 Å². The van der Waals surface area contributed by atoms with E-state index in [1.807, 2.05) is 26.0 Å². The Morgan fingerprint density at radius 1 is 1.08 bits per heavy atom. The van der Waals surface area contributed by atoms with Crippen LogP contribution in [0.15, 0.2) is 70.8 Å². The minimum Gasteiger partial charge on any atom is -0.490 e. The summed E-state index contributed by atoms with van der Waals surface area (Å²) >= 11 is 3.48. The van der Waals surface area contributed by atoms with Crippen molar-refractivity contribution in [1.29, 1.82) is 0 Å². The van der Waals surface area contributed by atoms with Crippen LogP contribution in [0.25, 0.3) is 6.08 Å². The average Bonchev–Trinajstić information content (AvgIpc) is 3.16. The van der Waals surface area contributed by atoms with E-state index in [1.165, 1.54) is 18.2 Å². The molecule has 1 saturated heterocycles. The number of aryl methyl sites for hydroxylation is 1. The molecule has 2 N–H and O–H groups in total. The van der Waals surface area contributed by atoms with Crippen LogP contribution in [-0.2, 0) is 22.6 Å². The number of nitrogens with one attached hydrogen (secondary N) is 2. The molecule has 3 aromatic rings. The average molecular weight is 596 g/mol. The lowest BCUT2D eigenvalue weighted by Gasteiger charge is -2.15. The lowest BCUT2D eigenvalue weighted by Crippen LogP contribution is -2.38. The first-order valence-corrected chi connectivity index (χ1v) is 13.1. The van der Waals surface area contributed by atoms with E-state index in [-0.39, 0.29) is 18.1 Å². The number of ether oxygens (including phenoxy) is 2. The second kappa shape index (κ2) is 12.6. The van der Waals surface area contributed by atoms with Gasteiger partial charge >= 0.3 is 6.03 Å². The van der Waals surface area contributed by atoms with Gasteiger partial charge in [0.05, 0.1) is 11.1 Å². The number of carbonyl (C=O) groups excluding carboxylic acids is 3. The van der Waals surface area contributed by atoms with Crippen LogP contribution < -0.4 is 20.1 Å². The van der Waals surface area contributed by atoms with Gasteiger partial charge < -0.3 is 20.1 Å². The molecule has 202 valence electrons. The zero-order valence-corrected chi connectivity index (χ0v) is 23.0. The Morgan fingerprint density at radius 3 is 2.62 bits per heavy atom. The Bertz CT molecular complexity index is 1440. The van der Waals surface area contributed by atoms with Crippen LogP contribution in [0, 0.1) is 5.82 Å². The Hall–Kier alpha value is -4.18. The predicted molar refractivity (Wildman–Crippen MR) is 149 cm³/mol. The third kappa shape index (κ3) is 6.83.